The number of fused-ring (bicyclic) bond motifs is 1. The average molecular weight is 984 g/mol. The number of nitrogens with one attached hydrogen (secondary N) is 4. The number of amides is 5. The molecule has 2 aromatic heterocycles. The molecule has 6 rings (SSSR count). The molecule has 0 radical (unpaired) electrons. The Morgan fingerprint density at radius 3 is 2.21 bits per heavy atom. The van der Waals surface area contributed by atoms with E-state index in [4.69, 9.17) is 4.74 Å². The zero-order chi connectivity index (χ0) is 44.6. The highest BCUT2D eigenvalue weighted by atomic mass is 79.9. The average Bonchev–Trinajstić information content (AvgIpc) is 3.24. The van der Waals surface area contributed by atoms with E-state index in [1.807, 2.05) is 12.1 Å². The van der Waals surface area contributed by atoms with Gasteiger partial charge < -0.3 is 45.5 Å². The van der Waals surface area contributed by atoms with E-state index < -0.39 is 53.0 Å². The third-order valence-corrected chi connectivity index (χ3v) is 12.1. The number of carbonyl (C=O) groups is 4. The normalized spacial score (nSPS) is 15.8. The molecule has 0 unspecified atom stereocenters. The molecule has 2 aliphatic heterocycles. The largest absolute Gasteiger partial charge is 0.506 e. The number of H-pyrrole nitrogens is 1. The number of phenolic OH excluding ortho intramolecular Hbond substituents is 1. The van der Waals surface area contributed by atoms with Gasteiger partial charge in [0.15, 0.2) is 0 Å². The van der Waals surface area contributed by atoms with E-state index >= 15 is 0 Å². The summed E-state index contributed by atoms with van der Waals surface area (Å²) in [7, 11) is 0. The number of ether oxygens (including phenoxy) is 1. The van der Waals surface area contributed by atoms with Gasteiger partial charge in [0, 0.05) is 76.4 Å². The Morgan fingerprint density at radius 1 is 0.887 bits per heavy atom. The molecule has 4 aromatic rings. The standard InChI is InChI=1S/C43H53Br2N9O8/c1-43(2,3)62-42(61)47-15-7-6-10-34(39(58)52-22-20-51(21-23-52)28-11-16-46-17-12-28)48-37(56)35(26-27-24-31(44)36(55)32(45)25-27)50-40(59)53-18-13-29(14-19-53)54-38(57)30-8-4-5-9-33(30)49-41(54)60/h4-5,8-9,11-12,16-17,24-25,29,34-35,55H,6-7,10,13-15,18-23,26H2,1-3H3,(H,47,61)(H,48,56)(H,49,60)(H,50,59)/t34-,35+/m0/s1. The van der Waals surface area contributed by atoms with Gasteiger partial charge in [-0.25, -0.2) is 14.4 Å². The van der Waals surface area contributed by atoms with Crippen LogP contribution in [0, 0.1) is 0 Å². The number of phenols is 1. The first kappa shape index (κ1) is 46.1. The summed E-state index contributed by atoms with van der Waals surface area (Å²) in [5.41, 5.74) is 0.504. The van der Waals surface area contributed by atoms with Gasteiger partial charge in [0.1, 0.15) is 23.4 Å². The zero-order valence-electron chi connectivity index (χ0n) is 35.0. The lowest BCUT2D eigenvalue weighted by molar-refractivity contribution is -0.137. The minimum Gasteiger partial charge on any atom is -0.506 e. The summed E-state index contributed by atoms with van der Waals surface area (Å²) in [4.78, 5) is 93.5. The third kappa shape index (κ3) is 11.9. The van der Waals surface area contributed by atoms with Crippen molar-refractivity contribution in [3.63, 3.8) is 0 Å². The minimum atomic E-state index is -1.15. The quantitative estimate of drug-likeness (QED) is 0.116. The van der Waals surface area contributed by atoms with Crippen molar-refractivity contribution in [2.24, 2.45) is 0 Å². The van der Waals surface area contributed by atoms with Gasteiger partial charge in [0.2, 0.25) is 11.8 Å². The summed E-state index contributed by atoms with van der Waals surface area (Å²) in [5.74, 6) is -0.862. The number of aromatic hydroxyl groups is 1. The van der Waals surface area contributed by atoms with Crippen LogP contribution in [0.3, 0.4) is 0 Å². The van der Waals surface area contributed by atoms with Crippen LogP contribution in [0.5, 0.6) is 5.75 Å². The van der Waals surface area contributed by atoms with E-state index in [0.717, 1.165) is 5.69 Å². The molecule has 2 fully saturated rings. The number of likely N-dealkylation sites (tertiary alicyclic amines) is 1. The van der Waals surface area contributed by atoms with Crippen molar-refractivity contribution in [1.29, 1.82) is 0 Å². The Morgan fingerprint density at radius 2 is 1.55 bits per heavy atom. The van der Waals surface area contributed by atoms with Gasteiger partial charge in [-0.2, -0.15) is 0 Å². The number of anilines is 1. The molecule has 19 heteroatoms. The maximum Gasteiger partial charge on any atom is 0.407 e. The smallest absolute Gasteiger partial charge is 0.407 e. The first-order chi connectivity index (χ1) is 29.6. The molecular formula is C43H53Br2N9O8. The van der Waals surface area contributed by atoms with E-state index in [0.29, 0.717) is 83.8 Å². The number of carbonyl (C=O) groups excluding carboxylic acids is 4. The predicted octanol–water partition coefficient (Wildman–Crippen LogP) is 4.80. The van der Waals surface area contributed by atoms with Crippen LogP contribution in [0.15, 0.2) is 79.5 Å². The maximum atomic E-state index is 14.4. The summed E-state index contributed by atoms with van der Waals surface area (Å²) < 4.78 is 7.32. The number of hydrogen-bond donors (Lipinski definition) is 5. The van der Waals surface area contributed by atoms with Crippen molar-refractivity contribution >= 4 is 72.4 Å². The van der Waals surface area contributed by atoms with Gasteiger partial charge in [0.05, 0.1) is 19.8 Å². The summed E-state index contributed by atoms with van der Waals surface area (Å²) in [6.45, 7) is 8.08. The van der Waals surface area contributed by atoms with Crippen LogP contribution in [0.25, 0.3) is 10.9 Å². The fraction of sp³-hybridized carbons (Fsp3) is 0.465. The van der Waals surface area contributed by atoms with Gasteiger partial charge in [-0.15, -0.1) is 0 Å². The Balaban J connectivity index is 1.16. The number of benzene rings is 2. The van der Waals surface area contributed by atoms with Crippen molar-refractivity contribution in [2.45, 2.75) is 83.0 Å². The molecule has 5 amide bonds. The number of rotatable bonds is 13. The zero-order valence-corrected chi connectivity index (χ0v) is 38.2. The SMILES string of the molecule is CC(C)(C)OC(=O)NCCCC[C@H](NC(=O)[C@@H](Cc1cc(Br)c(O)c(Br)c1)NC(=O)N1CCC(n2c(=O)[nH]c3ccccc3c2=O)CC1)C(=O)N1CCN(c2ccncc2)CC1. The molecule has 0 aliphatic carbocycles. The number of piperazine rings is 1. The van der Waals surface area contributed by atoms with Gasteiger partial charge in [0.25, 0.3) is 5.56 Å². The van der Waals surface area contributed by atoms with Gasteiger partial charge >= 0.3 is 17.8 Å². The number of halogens is 2. The van der Waals surface area contributed by atoms with Gasteiger partial charge in [-0.1, -0.05) is 12.1 Å². The summed E-state index contributed by atoms with van der Waals surface area (Å²) in [5, 5.41) is 19.4. The van der Waals surface area contributed by atoms with Crippen LogP contribution >= 0.6 is 31.9 Å². The van der Waals surface area contributed by atoms with E-state index in [2.05, 4.69) is 62.7 Å². The summed E-state index contributed by atoms with van der Waals surface area (Å²) in [6, 6.07) is 10.9. The number of pyridine rings is 1. The molecule has 332 valence electrons. The van der Waals surface area contributed by atoms with Crippen LogP contribution in [0.1, 0.15) is 64.5 Å². The molecule has 5 N–H and O–H groups in total. The number of aromatic nitrogens is 3. The fourth-order valence-electron chi connectivity index (χ4n) is 7.72. The van der Waals surface area contributed by atoms with Crippen molar-refractivity contribution in [3.05, 3.63) is 96.3 Å². The maximum absolute atomic E-state index is 14.4. The number of para-hydroxylation sites is 1. The number of aromatic amines is 1. The summed E-state index contributed by atoms with van der Waals surface area (Å²) in [6.07, 6.45) is 4.83. The van der Waals surface area contributed by atoms with E-state index in [-0.39, 0.29) is 37.6 Å². The van der Waals surface area contributed by atoms with Crippen LogP contribution in [0.4, 0.5) is 15.3 Å². The molecule has 2 aliphatic rings. The Bertz CT molecular complexity index is 2330. The van der Waals surface area contributed by atoms with Gasteiger partial charge in [-0.05, 0) is 127 Å². The number of alkyl carbamates (subject to hydrolysis) is 1. The van der Waals surface area contributed by atoms with Crippen molar-refractivity contribution in [2.75, 3.05) is 50.7 Å². The number of piperidine rings is 1. The molecule has 0 saturated carbocycles. The second kappa shape index (κ2) is 20.6. The molecule has 0 bridgehead atoms. The Labute approximate surface area is 375 Å². The molecule has 4 heterocycles. The molecule has 2 atom stereocenters. The molecule has 17 nitrogen and oxygen atoms in total. The lowest BCUT2D eigenvalue weighted by atomic mass is 10.0. The van der Waals surface area contributed by atoms with Crippen molar-refractivity contribution in [3.8, 4) is 5.75 Å². The second-order valence-corrected chi connectivity index (χ2v) is 18.2. The minimum absolute atomic E-state index is 0.0126. The Kier molecular flexibility index (Phi) is 15.3. The van der Waals surface area contributed by atoms with Crippen LogP contribution < -0.4 is 32.1 Å². The van der Waals surface area contributed by atoms with Crippen LogP contribution in [0.2, 0.25) is 0 Å². The molecule has 2 aromatic carbocycles. The first-order valence-electron chi connectivity index (χ1n) is 20.7. The highest BCUT2D eigenvalue weighted by molar-refractivity contribution is 9.11. The first-order valence-corrected chi connectivity index (χ1v) is 22.3. The molecule has 62 heavy (non-hydrogen) atoms. The summed E-state index contributed by atoms with van der Waals surface area (Å²) >= 11 is 6.71. The molecular weight excluding hydrogens is 930 g/mol. The van der Waals surface area contributed by atoms with E-state index in [9.17, 15) is 33.9 Å². The Hall–Kier alpha value is -5.43. The topological polar surface area (TPSA) is 211 Å². The fourth-order valence-corrected chi connectivity index (χ4v) is 9.01. The van der Waals surface area contributed by atoms with Crippen molar-refractivity contribution < 1.29 is 29.0 Å². The van der Waals surface area contributed by atoms with E-state index in [1.165, 1.54) is 4.57 Å². The number of unbranched alkanes of at least 4 members (excludes halogenated alkanes) is 1. The second-order valence-electron chi connectivity index (χ2n) is 16.5. The van der Waals surface area contributed by atoms with Gasteiger partial charge in [-0.3, -0.25) is 23.9 Å². The number of urea groups is 1. The predicted molar refractivity (Wildman–Crippen MR) is 241 cm³/mol. The number of hydrogen-bond acceptors (Lipinski definition) is 10. The lowest BCUT2D eigenvalue weighted by Gasteiger charge is -2.38. The molecule has 0 spiro atoms. The van der Waals surface area contributed by atoms with E-state index in [1.54, 1.807) is 79.4 Å². The lowest BCUT2D eigenvalue weighted by Crippen LogP contribution is -2.59. The van der Waals surface area contributed by atoms with Crippen LogP contribution in [-0.4, -0.2) is 117 Å². The monoisotopic (exact) mass is 981 g/mol. The van der Waals surface area contributed by atoms with Crippen LogP contribution in [-0.2, 0) is 20.7 Å². The highest BCUT2D eigenvalue weighted by Gasteiger charge is 2.33. The molecule has 2 saturated heterocycles. The third-order valence-electron chi connectivity index (χ3n) is 10.9. The number of nitrogens with zero attached hydrogens (tertiary/aromatic N) is 5. The van der Waals surface area contributed by atoms with Crippen molar-refractivity contribution in [1.82, 2.24) is 40.3 Å². The highest BCUT2D eigenvalue weighted by Crippen LogP contribution is 2.34.